The van der Waals surface area contributed by atoms with Crippen LogP contribution in [-0.2, 0) is 34.2 Å². The summed E-state index contributed by atoms with van der Waals surface area (Å²) in [5.74, 6) is 1.62. The smallest absolute Gasteiger partial charge is 0.127 e. The van der Waals surface area contributed by atoms with Crippen molar-refractivity contribution >= 4 is 10.1 Å². The number of hydrogen-bond donors (Lipinski definition) is 2. The summed E-state index contributed by atoms with van der Waals surface area (Å²) in [5, 5.41) is 22.4. The van der Waals surface area contributed by atoms with E-state index >= 15 is 0 Å². The predicted molar refractivity (Wildman–Crippen MR) is 214 cm³/mol. The quantitative estimate of drug-likeness (QED) is 0.192. The first-order valence-electron chi connectivity index (χ1n) is 18.1. The third-order valence-corrected chi connectivity index (χ3v) is 12.3. The molecule has 0 aliphatic carbocycles. The van der Waals surface area contributed by atoms with Crippen LogP contribution in [0.25, 0.3) is 11.1 Å². The summed E-state index contributed by atoms with van der Waals surface area (Å²) >= 11 is -0.541. The van der Waals surface area contributed by atoms with Crippen LogP contribution in [0.4, 0.5) is 5.69 Å². The van der Waals surface area contributed by atoms with E-state index in [-0.39, 0.29) is 27.7 Å². The Morgan fingerprint density at radius 2 is 1.08 bits per heavy atom. The van der Waals surface area contributed by atoms with E-state index in [1.165, 1.54) is 22.4 Å². The molecule has 50 heavy (non-hydrogen) atoms. The van der Waals surface area contributed by atoms with Gasteiger partial charge in [0.1, 0.15) is 11.5 Å². The molecular formula is C46H63MoNO2. The van der Waals surface area contributed by atoms with E-state index in [0.29, 0.717) is 11.8 Å². The summed E-state index contributed by atoms with van der Waals surface area (Å²) < 4.78 is 7.50. The van der Waals surface area contributed by atoms with E-state index in [4.69, 9.17) is 3.50 Å². The van der Waals surface area contributed by atoms with Gasteiger partial charge in [0.15, 0.2) is 0 Å². The second kappa shape index (κ2) is 16.0. The Hall–Kier alpha value is -3.16. The van der Waals surface area contributed by atoms with E-state index in [1.807, 2.05) is 13.8 Å². The van der Waals surface area contributed by atoms with Crippen LogP contribution in [0.1, 0.15) is 145 Å². The topological polar surface area (TPSA) is 52.8 Å². The number of aryl methyl sites for hydroxylation is 2. The van der Waals surface area contributed by atoms with E-state index in [0.717, 1.165) is 44.5 Å². The Morgan fingerprint density at radius 1 is 0.620 bits per heavy atom. The number of hydrogen-bond acceptors (Lipinski definition) is 3. The summed E-state index contributed by atoms with van der Waals surface area (Å²) in [6.07, 6.45) is 0. The molecule has 0 bridgehead atoms. The van der Waals surface area contributed by atoms with Crippen molar-refractivity contribution in [3.8, 4) is 22.6 Å². The molecule has 270 valence electrons. The molecule has 0 unspecified atom stereocenters. The third-order valence-electron chi connectivity index (χ3n) is 9.86. The van der Waals surface area contributed by atoms with Gasteiger partial charge in [0.05, 0.1) is 0 Å². The van der Waals surface area contributed by atoms with Crippen molar-refractivity contribution in [2.75, 3.05) is 0 Å². The molecule has 0 heterocycles. The molecule has 0 aromatic heterocycles. The Bertz CT molecular complexity index is 1800. The van der Waals surface area contributed by atoms with Crippen molar-refractivity contribution in [3.05, 3.63) is 111 Å². The van der Waals surface area contributed by atoms with E-state index < -0.39 is 17.9 Å². The van der Waals surface area contributed by atoms with Crippen LogP contribution < -0.4 is 0 Å². The zero-order chi connectivity index (χ0) is 37.9. The van der Waals surface area contributed by atoms with Gasteiger partial charge in [0, 0.05) is 22.3 Å². The Labute approximate surface area is 312 Å². The number of phenolic OH excluding ortho intramolecular Hbond substituents is 2. The van der Waals surface area contributed by atoms with Gasteiger partial charge >= 0.3 is 156 Å². The predicted octanol–water partition coefficient (Wildman–Crippen LogP) is 13.2. The molecule has 2 N–H and O–H groups in total. The van der Waals surface area contributed by atoms with E-state index in [1.54, 1.807) is 0 Å². The fourth-order valence-electron chi connectivity index (χ4n) is 6.20. The van der Waals surface area contributed by atoms with Gasteiger partial charge in [-0.15, -0.1) is 0 Å². The summed E-state index contributed by atoms with van der Waals surface area (Å²) in [5.41, 5.74) is 12.7. The van der Waals surface area contributed by atoms with Crippen LogP contribution in [0.15, 0.2) is 64.2 Å². The zero-order valence-corrected chi connectivity index (χ0v) is 35.8. The number of aromatic hydroxyl groups is 2. The van der Waals surface area contributed by atoms with E-state index in [9.17, 15) is 10.2 Å². The van der Waals surface area contributed by atoms with Gasteiger partial charge in [-0.3, -0.25) is 0 Å². The molecule has 4 heteroatoms. The first kappa shape index (κ1) is 41.3. The van der Waals surface area contributed by atoms with Crippen LogP contribution in [0.2, 0.25) is 0 Å². The Morgan fingerprint density at radius 3 is 1.48 bits per heavy atom. The van der Waals surface area contributed by atoms with Gasteiger partial charge in [-0.05, 0) is 60.8 Å². The van der Waals surface area contributed by atoms with Crippen LogP contribution in [0.5, 0.6) is 11.5 Å². The van der Waals surface area contributed by atoms with Gasteiger partial charge in [0.25, 0.3) is 0 Å². The maximum atomic E-state index is 11.2. The summed E-state index contributed by atoms with van der Waals surface area (Å²) in [4.78, 5) is 0. The first-order valence-corrected chi connectivity index (χ1v) is 20.1. The molecule has 0 saturated heterocycles. The van der Waals surface area contributed by atoms with Gasteiger partial charge < -0.3 is 10.2 Å². The van der Waals surface area contributed by atoms with Crippen LogP contribution in [0, 0.1) is 27.7 Å². The maximum Gasteiger partial charge on any atom is 0.127 e. The largest absolute Gasteiger partial charge is 0.507 e. The molecular weight excluding hydrogens is 694 g/mol. The third kappa shape index (κ3) is 9.58. The summed E-state index contributed by atoms with van der Waals surface area (Å²) in [7, 11) is 0. The standard InChI is InChI=1S/C24H34O2.C12H17N.C10H12.Mo/c1-13-11-17(23(5,6)7)21(25)19(15(13)3)20-16(4)14(2)12-18(22(20)26)24(8,9)10;1-8(2)10-5-6-11(9(3)4)12(13)7-10;1-10(2,3)9-7-5-4-6-8-9;/h11-12,25-26H,1-10H3;5-9H,1-4H3;1,4-8H,2-3H3;. The molecule has 4 aromatic carbocycles. The monoisotopic (exact) mass is 759 g/mol. The summed E-state index contributed by atoms with van der Waals surface area (Å²) in [6.45, 7) is 34.4. The molecule has 0 aliphatic rings. The Balaban J connectivity index is 0.000000271. The van der Waals surface area contributed by atoms with Crippen LogP contribution in [-0.4, -0.2) is 14.6 Å². The first-order chi connectivity index (χ1) is 23.0. The fraction of sp³-hybridized carbons (Fsp3) is 0.457. The molecule has 0 saturated carbocycles. The minimum Gasteiger partial charge on any atom is -0.507 e. The molecule has 0 spiro atoms. The van der Waals surface area contributed by atoms with Crippen molar-refractivity contribution in [1.29, 1.82) is 0 Å². The maximum absolute atomic E-state index is 11.2. The van der Waals surface area contributed by atoms with Gasteiger partial charge in [-0.1, -0.05) is 53.7 Å². The minimum atomic E-state index is -0.541. The van der Waals surface area contributed by atoms with Crippen molar-refractivity contribution in [2.45, 2.75) is 139 Å². The molecule has 4 rings (SSSR count). The number of rotatable bonds is 6. The second-order valence-electron chi connectivity index (χ2n) is 17.2. The fourth-order valence-corrected chi connectivity index (χ4v) is 7.98. The molecule has 0 fully saturated rings. The van der Waals surface area contributed by atoms with Crippen molar-refractivity contribution in [2.24, 2.45) is 3.50 Å². The molecule has 0 radical (unpaired) electrons. The number of benzene rings is 4. The van der Waals surface area contributed by atoms with Gasteiger partial charge in [-0.25, -0.2) is 0 Å². The van der Waals surface area contributed by atoms with Gasteiger partial charge in [0.2, 0.25) is 0 Å². The average Bonchev–Trinajstić information content (AvgIpc) is 3.01. The molecule has 0 amide bonds. The van der Waals surface area contributed by atoms with Gasteiger partial charge in [-0.2, -0.15) is 0 Å². The van der Waals surface area contributed by atoms with Crippen molar-refractivity contribution in [3.63, 3.8) is 0 Å². The second-order valence-corrected chi connectivity index (χ2v) is 18.8. The zero-order valence-electron chi connectivity index (χ0n) is 33.8. The normalized spacial score (nSPS) is 12.1. The average molecular weight is 758 g/mol. The summed E-state index contributed by atoms with van der Waals surface area (Å²) in [6, 6.07) is 21.7. The molecule has 3 nitrogen and oxygen atoms in total. The minimum absolute atomic E-state index is 0.0840. The molecule has 0 aliphatic heterocycles. The number of nitrogens with zero attached hydrogens (tertiary/aromatic N) is 1. The molecule has 4 aromatic rings. The van der Waals surface area contributed by atoms with E-state index in [2.05, 4.69) is 162 Å². The Kier molecular flexibility index (Phi) is 13.2. The number of phenols is 2. The van der Waals surface area contributed by atoms with Crippen molar-refractivity contribution < 1.29 is 28.1 Å². The SMILES string of the molecule is CC(C)c1ccc(C(C)C)c([N]=[Mo]=[CH]C(C)(C)c2ccccc2)c1.Cc1cc(C(C)(C)C)c(O)c(-c2c(C)c(C)cc(C(C)(C)C)c2O)c1C. The molecule has 0 atom stereocenters. The van der Waals surface area contributed by atoms with Crippen molar-refractivity contribution in [1.82, 2.24) is 0 Å². The van der Waals surface area contributed by atoms with Crippen LogP contribution in [0.3, 0.4) is 0 Å². The van der Waals surface area contributed by atoms with Crippen LogP contribution >= 0.6 is 0 Å².